The van der Waals surface area contributed by atoms with Crippen molar-refractivity contribution in [2.45, 2.75) is 38.7 Å². The smallest absolute Gasteiger partial charge is 0.281 e. The Labute approximate surface area is 156 Å². The molecule has 1 saturated heterocycles. The highest BCUT2D eigenvalue weighted by molar-refractivity contribution is 9.10. The summed E-state index contributed by atoms with van der Waals surface area (Å²) >= 11 is 3.39. The van der Waals surface area contributed by atoms with Crippen LogP contribution in [0.15, 0.2) is 16.6 Å². The normalized spacial score (nSPS) is 19.0. The van der Waals surface area contributed by atoms with E-state index in [0.29, 0.717) is 29.3 Å². The number of halogens is 3. The molecule has 5 nitrogen and oxygen atoms in total. The van der Waals surface area contributed by atoms with E-state index in [9.17, 15) is 8.78 Å². The average molecular weight is 418 g/mol. The lowest BCUT2D eigenvalue weighted by atomic mass is 10.1. The van der Waals surface area contributed by atoms with Crippen LogP contribution in [0, 0.1) is 5.41 Å². The van der Waals surface area contributed by atoms with Crippen molar-refractivity contribution in [1.29, 1.82) is 5.41 Å². The van der Waals surface area contributed by atoms with Gasteiger partial charge in [0.05, 0.1) is 17.9 Å². The number of hydrogen-bond acceptors (Lipinski definition) is 4. The minimum absolute atomic E-state index is 0.155. The van der Waals surface area contributed by atoms with Crippen LogP contribution >= 0.6 is 15.9 Å². The fraction of sp³-hybridized carbons (Fsp3) is 0.588. The van der Waals surface area contributed by atoms with Gasteiger partial charge in [0.2, 0.25) is 0 Å². The highest BCUT2D eigenvalue weighted by Crippen LogP contribution is 2.33. The molecule has 0 aromatic heterocycles. The standard InChI is InChI=1S/C17H26BrF2N5/c1-3-5-6-25(4-2)16(22)12-7-11(18)8-13(21)15(12)24-14-9-23-10-17(14,19)20/h7-8,14,22-24H,3-6,9-10,21H2,1-2H3. The summed E-state index contributed by atoms with van der Waals surface area (Å²) in [4.78, 5) is 1.93. The number of amidine groups is 1. The van der Waals surface area contributed by atoms with Crippen molar-refractivity contribution in [2.75, 3.05) is 37.2 Å². The maximum absolute atomic E-state index is 14.0. The van der Waals surface area contributed by atoms with Crippen LogP contribution in [0.2, 0.25) is 0 Å². The van der Waals surface area contributed by atoms with E-state index in [1.54, 1.807) is 12.1 Å². The Bertz CT molecular complexity index is 623. The van der Waals surface area contributed by atoms with Crippen molar-refractivity contribution in [3.8, 4) is 0 Å². The fourth-order valence-electron chi connectivity index (χ4n) is 2.91. The number of nitrogens with one attached hydrogen (secondary N) is 3. The van der Waals surface area contributed by atoms with E-state index in [1.807, 2.05) is 11.8 Å². The zero-order valence-electron chi connectivity index (χ0n) is 14.6. The lowest BCUT2D eigenvalue weighted by Gasteiger charge is -2.28. The summed E-state index contributed by atoms with van der Waals surface area (Å²) in [5.74, 6) is -2.56. The van der Waals surface area contributed by atoms with Crippen molar-refractivity contribution < 1.29 is 8.78 Å². The molecular formula is C17H26BrF2N5. The molecule has 0 aliphatic carbocycles. The molecule has 1 unspecified atom stereocenters. The summed E-state index contributed by atoms with van der Waals surface area (Å²) < 4.78 is 28.7. The number of anilines is 2. The van der Waals surface area contributed by atoms with Gasteiger partial charge in [0.1, 0.15) is 11.9 Å². The van der Waals surface area contributed by atoms with Gasteiger partial charge < -0.3 is 21.3 Å². The molecule has 0 bridgehead atoms. The Morgan fingerprint density at radius 2 is 2.20 bits per heavy atom. The first-order valence-corrected chi connectivity index (χ1v) is 9.37. The first-order valence-electron chi connectivity index (χ1n) is 8.58. The number of alkyl halides is 2. The largest absolute Gasteiger partial charge is 0.397 e. The number of nitrogens with zero attached hydrogens (tertiary/aromatic N) is 1. The molecule has 2 rings (SSSR count). The first-order chi connectivity index (χ1) is 11.8. The van der Waals surface area contributed by atoms with Crippen LogP contribution in [0.25, 0.3) is 0 Å². The van der Waals surface area contributed by atoms with E-state index in [4.69, 9.17) is 11.1 Å². The zero-order chi connectivity index (χ0) is 18.6. The highest BCUT2D eigenvalue weighted by Gasteiger charge is 2.44. The summed E-state index contributed by atoms with van der Waals surface area (Å²) in [7, 11) is 0. The maximum atomic E-state index is 14.0. The predicted octanol–water partition coefficient (Wildman–Crippen LogP) is 3.50. The van der Waals surface area contributed by atoms with Gasteiger partial charge >= 0.3 is 0 Å². The Morgan fingerprint density at radius 1 is 1.48 bits per heavy atom. The van der Waals surface area contributed by atoms with E-state index in [2.05, 4.69) is 33.5 Å². The van der Waals surface area contributed by atoms with Gasteiger partial charge in [-0.2, -0.15) is 0 Å². The summed E-state index contributed by atoms with van der Waals surface area (Å²) in [5.41, 5.74) is 7.38. The Hall–Kier alpha value is -1.41. The summed E-state index contributed by atoms with van der Waals surface area (Å²) in [6, 6.07) is 2.38. The molecule has 1 heterocycles. The van der Waals surface area contributed by atoms with E-state index >= 15 is 0 Å². The molecule has 1 aromatic rings. The van der Waals surface area contributed by atoms with Crippen molar-refractivity contribution in [3.05, 3.63) is 22.2 Å². The van der Waals surface area contributed by atoms with Crippen LogP contribution < -0.4 is 16.4 Å². The van der Waals surface area contributed by atoms with Gasteiger partial charge in [0, 0.05) is 29.7 Å². The summed E-state index contributed by atoms with van der Waals surface area (Å²) in [6.07, 6.45) is 1.99. The van der Waals surface area contributed by atoms with Crippen molar-refractivity contribution in [3.63, 3.8) is 0 Å². The van der Waals surface area contributed by atoms with Crippen LogP contribution in [0.5, 0.6) is 0 Å². The maximum Gasteiger partial charge on any atom is 0.281 e. The van der Waals surface area contributed by atoms with Gasteiger partial charge in [-0.05, 0) is 25.5 Å². The number of hydrogen-bond donors (Lipinski definition) is 4. The van der Waals surface area contributed by atoms with Gasteiger partial charge in [-0.25, -0.2) is 8.78 Å². The molecule has 5 N–H and O–H groups in total. The number of nitrogens with two attached hydrogens (primary N) is 1. The molecule has 1 aliphatic heterocycles. The average Bonchev–Trinajstić information content (AvgIpc) is 2.88. The van der Waals surface area contributed by atoms with Crippen molar-refractivity contribution in [1.82, 2.24) is 10.2 Å². The van der Waals surface area contributed by atoms with Gasteiger partial charge in [-0.15, -0.1) is 0 Å². The number of benzene rings is 1. The minimum Gasteiger partial charge on any atom is -0.397 e. The van der Waals surface area contributed by atoms with Crippen LogP contribution in [-0.2, 0) is 0 Å². The molecule has 0 saturated carbocycles. The van der Waals surface area contributed by atoms with Gasteiger partial charge in [0.15, 0.2) is 0 Å². The molecule has 0 radical (unpaired) electrons. The van der Waals surface area contributed by atoms with Crippen LogP contribution in [0.4, 0.5) is 20.2 Å². The Balaban J connectivity index is 2.35. The summed E-state index contributed by atoms with van der Waals surface area (Å²) in [5, 5.41) is 14.2. The minimum atomic E-state index is -2.86. The molecule has 140 valence electrons. The second-order valence-electron chi connectivity index (χ2n) is 6.29. The quantitative estimate of drug-likeness (QED) is 0.311. The SMILES string of the molecule is CCCCN(CC)C(=N)c1cc(Br)cc(N)c1NC1CNCC1(F)F. The number of unbranched alkanes of at least 4 members (excludes halogenated alkanes) is 1. The number of nitrogen functional groups attached to an aromatic ring is 1. The molecule has 1 aromatic carbocycles. The third-order valence-corrected chi connectivity index (χ3v) is 4.86. The van der Waals surface area contributed by atoms with E-state index in [1.165, 1.54) is 0 Å². The van der Waals surface area contributed by atoms with Gasteiger partial charge in [-0.1, -0.05) is 29.3 Å². The predicted molar refractivity (Wildman–Crippen MR) is 103 cm³/mol. The van der Waals surface area contributed by atoms with Crippen LogP contribution in [-0.4, -0.2) is 48.9 Å². The first kappa shape index (κ1) is 19.9. The summed E-state index contributed by atoms with van der Waals surface area (Å²) in [6.45, 7) is 5.29. The highest BCUT2D eigenvalue weighted by atomic mass is 79.9. The molecule has 0 spiro atoms. The Morgan fingerprint density at radius 3 is 2.76 bits per heavy atom. The van der Waals surface area contributed by atoms with Gasteiger partial charge in [-0.3, -0.25) is 5.41 Å². The number of rotatable bonds is 7. The molecule has 1 fully saturated rings. The second-order valence-corrected chi connectivity index (χ2v) is 7.20. The Kier molecular flexibility index (Phi) is 6.62. The lowest BCUT2D eigenvalue weighted by molar-refractivity contribution is 0.0139. The van der Waals surface area contributed by atoms with E-state index < -0.39 is 12.0 Å². The van der Waals surface area contributed by atoms with Crippen LogP contribution in [0.3, 0.4) is 0 Å². The van der Waals surface area contributed by atoms with E-state index in [0.717, 1.165) is 23.9 Å². The molecular weight excluding hydrogens is 392 g/mol. The lowest BCUT2D eigenvalue weighted by Crippen LogP contribution is -2.39. The topological polar surface area (TPSA) is 77.2 Å². The van der Waals surface area contributed by atoms with Gasteiger partial charge in [0.25, 0.3) is 5.92 Å². The molecule has 25 heavy (non-hydrogen) atoms. The van der Waals surface area contributed by atoms with E-state index in [-0.39, 0.29) is 13.1 Å². The van der Waals surface area contributed by atoms with Crippen LogP contribution in [0.1, 0.15) is 32.3 Å². The second kappa shape index (κ2) is 8.31. The third kappa shape index (κ3) is 4.61. The molecule has 1 aliphatic rings. The molecule has 1 atom stereocenters. The molecule has 8 heteroatoms. The van der Waals surface area contributed by atoms with Crippen molar-refractivity contribution in [2.24, 2.45) is 0 Å². The zero-order valence-corrected chi connectivity index (χ0v) is 16.2. The van der Waals surface area contributed by atoms with Crippen molar-refractivity contribution >= 4 is 33.1 Å². The third-order valence-electron chi connectivity index (χ3n) is 4.41. The monoisotopic (exact) mass is 417 g/mol. The fourth-order valence-corrected chi connectivity index (χ4v) is 3.39. The molecule has 0 amide bonds.